The fourth-order valence-corrected chi connectivity index (χ4v) is 2.07. The van der Waals surface area contributed by atoms with Crippen molar-refractivity contribution < 1.29 is 0 Å². The van der Waals surface area contributed by atoms with Gasteiger partial charge in [-0.05, 0) is 24.1 Å². The first-order valence-corrected chi connectivity index (χ1v) is 6.62. The Labute approximate surface area is 118 Å². The van der Waals surface area contributed by atoms with E-state index in [9.17, 15) is 0 Å². The molecule has 0 amide bonds. The Bertz CT molecular complexity index is 544. The Kier molecular flexibility index (Phi) is 4.58. The van der Waals surface area contributed by atoms with Crippen molar-refractivity contribution in [3.05, 3.63) is 47.4 Å². The second-order valence-electron chi connectivity index (χ2n) is 4.21. The highest BCUT2D eigenvalue weighted by Gasteiger charge is 2.10. The van der Waals surface area contributed by atoms with Crippen molar-refractivity contribution in [3.8, 4) is 0 Å². The molecular weight excluding hydrogens is 260 g/mol. The van der Waals surface area contributed by atoms with Crippen LogP contribution in [0.15, 0.2) is 36.7 Å². The summed E-state index contributed by atoms with van der Waals surface area (Å²) in [6.45, 7) is 2.13. The van der Waals surface area contributed by atoms with E-state index in [2.05, 4.69) is 39.7 Å². The van der Waals surface area contributed by atoms with Crippen molar-refractivity contribution in [2.24, 2.45) is 0 Å². The van der Waals surface area contributed by atoms with Crippen LogP contribution in [-0.4, -0.2) is 17.0 Å². The lowest BCUT2D eigenvalue weighted by atomic mass is 10.0. The zero-order valence-electron chi connectivity index (χ0n) is 11.0. The summed E-state index contributed by atoms with van der Waals surface area (Å²) >= 11 is 5.84. The van der Waals surface area contributed by atoms with E-state index < -0.39 is 0 Å². The van der Waals surface area contributed by atoms with E-state index in [-0.39, 0.29) is 6.04 Å². The molecule has 0 aliphatic carbocycles. The third-order valence-corrected chi connectivity index (χ3v) is 3.10. The van der Waals surface area contributed by atoms with Crippen LogP contribution in [0.2, 0.25) is 5.15 Å². The highest BCUT2D eigenvalue weighted by Crippen LogP contribution is 2.24. The second kappa shape index (κ2) is 6.38. The van der Waals surface area contributed by atoms with Gasteiger partial charge < -0.3 is 10.6 Å². The Morgan fingerprint density at radius 2 is 2.16 bits per heavy atom. The van der Waals surface area contributed by atoms with E-state index in [1.165, 1.54) is 11.8 Å². The van der Waals surface area contributed by atoms with Crippen LogP contribution in [0, 0.1) is 0 Å². The van der Waals surface area contributed by atoms with Crippen LogP contribution in [0.25, 0.3) is 0 Å². The van der Waals surface area contributed by atoms with Gasteiger partial charge in [0.1, 0.15) is 11.0 Å². The standard InChI is InChI=1S/C14H17ClN4/c1-3-12(10-5-4-6-11(7-10)16-2)18-14-9-17-8-13(15)19-14/h4-9,12,16H,3H2,1-2H3,(H,18,19). The average Bonchev–Trinajstić information content (AvgIpc) is 2.45. The molecule has 2 aromatic rings. The van der Waals surface area contributed by atoms with E-state index in [0.717, 1.165) is 12.1 Å². The summed E-state index contributed by atoms with van der Waals surface area (Å²) in [5.74, 6) is 0.689. The summed E-state index contributed by atoms with van der Waals surface area (Å²) in [5, 5.41) is 6.89. The zero-order chi connectivity index (χ0) is 13.7. The fraction of sp³-hybridized carbons (Fsp3) is 0.286. The Hall–Kier alpha value is -1.81. The predicted octanol–water partition coefficient (Wildman–Crippen LogP) is 3.73. The number of hydrogen-bond donors (Lipinski definition) is 2. The van der Waals surface area contributed by atoms with Gasteiger partial charge in [0.25, 0.3) is 0 Å². The molecule has 2 rings (SSSR count). The summed E-state index contributed by atoms with van der Waals surface area (Å²) in [7, 11) is 1.91. The van der Waals surface area contributed by atoms with Crippen LogP contribution < -0.4 is 10.6 Å². The van der Waals surface area contributed by atoms with Gasteiger partial charge in [-0.1, -0.05) is 30.7 Å². The van der Waals surface area contributed by atoms with Crippen LogP contribution in [0.1, 0.15) is 24.9 Å². The highest BCUT2D eigenvalue weighted by molar-refractivity contribution is 6.29. The third kappa shape index (κ3) is 3.58. The monoisotopic (exact) mass is 276 g/mol. The molecule has 2 N–H and O–H groups in total. The van der Waals surface area contributed by atoms with Gasteiger partial charge in [-0.25, -0.2) is 4.98 Å². The Balaban J connectivity index is 2.19. The van der Waals surface area contributed by atoms with Crippen molar-refractivity contribution >= 4 is 23.1 Å². The minimum Gasteiger partial charge on any atom is -0.388 e. The van der Waals surface area contributed by atoms with Crippen LogP contribution in [0.5, 0.6) is 0 Å². The van der Waals surface area contributed by atoms with Gasteiger partial charge in [-0.15, -0.1) is 0 Å². The Morgan fingerprint density at radius 3 is 2.84 bits per heavy atom. The zero-order valence-corrected chi connectivity index (χ0v) is 11.8. The summed E-state index contributed by atoms with van der Waals surface area (Å²) < 4.78 is 0. The molecule has 1 aromatic heterocycles. The normalized spacial score (nSPS) is 11.9. The smallest absolute Gasteiger partial charge is 0.149 e. The molecule has 1 atom stereocenters. The van der Waals surface area contributed by atoms with Crippen LogP contribution in [0.3, 0.4) is 0 Å². The molecule has 0 bridgehead atoms. The molecular formula is C14H17ClN4. The second-order valence-corrected chi connectivity index (χ2v) is 4.59. The van der Waals surface area contributed by atoms with Crippen molar-refractivity contribution in [1.29, 1.82) is 0 Å². The number of nitrogens with one attached hydrogen (secondary N) is 2. The van der Waals surface area contributed by atoms with E-state index in [0.29, 0.717) is 11.0 Å². The van der Waals surface area contributed by atoms with E-state index in [1.807, 2.05) is 19.2 Å². The molecule has 5 heteroatoms. The van der Waals surface area contributed by atoms with Gasteiger partial charge in [0, 0.05) is 12.7 Å². The largest absolute Gasteiger partial charge is 0.388 e. The lowest BCUT2D eigenvalue weighted by Crippen LogP contribution is -2.11. The molecule has 0 aliphatic heterocycles. The van der Waals surface area contributed by atoms with Crippen LogP contribution in [-0.2, 0) is 0 Å². The number of hydrogen-bond acceptors (Lipinski definition) is 4. The van der Waals surface area contributed by atoms with Crippen molar-refractivity contribution in [3.63, 3.8) is 0 Å². The molecule has 1 heterocycles. The molecule has 19 heavy (non-hydrogen) atoms. The first kappa shape index (κ1) is 13.6. The molecule has 1 aromatic carbocycles. The van der Waals surface area contributed by atoms with Gasteiger partial charge in [0.05, 0.1) is 18.4 Å². The van der Waals surface area contributed by atoms with Crippen molar-refractivity contribution in [1.82, 2.24) is 9.97 Å². The molecule has 0 saturated carbocycles. The lowest BCUT2D eigenvalue weighted by Gasteiger charge is -2.18. The number of rotatable bonds is 5. The number of nitrogens with zero attached hydrogens (tertiary/aromatic N) is 2. The molecule has 0 aliphatic rings. The molecule has 4 nitrogen and oxygen atoms in total. The van der Waals surface area contributed by atoms with E-state index in [1.54, 1.807) is 6.20 Å². The molecule has 0 fully saturated rings. The SMILES string of the molecule is CCC(Nc1cncc(Cl)n1)c1cccc(NC)c1. The Morgan fingerprint density at radius 1 is 1.32 bits per heavy atom. The van der Waals surface area contributed by atoms with Gasteiger partial charge >= 0.3 is 0 Å². The summed E-state index contributed by atoms with van der Waals surface area (Å²) in [4.78, 5) is 8.23. The van der Waals surface area contributed by atoms with Crippen LogP contribution >= 0.6 is 11.6 Å². The minimum absolute atomic E-state index is 0.182. The maximum Gasteiger partial charge on any atom is 0.149 e. The number of anilines is 2. The highest BCUT2D eigenvalue weighted by atomic mass is 35.5. The summed E-state index contributed by atoms with van der Waals surface area (Å²) in [5.41, 5.74) is 2.30. The molecule has 0 radical (unpaired) electrons. The molecule has 0 spiro atoms. The van der Waals surface area contributed by atoms with Gasteiger partial charge in [-0.3, -0.25) is 4.98 Å². The van der Waals surface area contributed by atoms with Gasteiger partial charge in [-0.2, -0.15) is 0 Å². The van der Waals surface area contributed by atoms with Crippen molar-refractivity contribution in [2.45, 2.75) is 19.4 Å². The minimum atomic E-state index is 0.182. The van der Waals surface area contributed by atoms with E-state index in [4.69, 9.17) is 11.6 Å². The number of halogens is 1. The summed E-state index contributed by atoms with van der Waals surface area (Å²) in [6, 6.07) is 8.48. The van der Waals surface area contributed by atoms with Gasteiger partial charge in [0.15, 0.2) is 0 Å². The maximum absolute atomic E-state index is 5.84. The maximum atomic E-state index is 5.84. The van der Waals surface area contributed by atoms with Crippen molar-refractivity contribution in [2.75, 3.05) is 17.7 Å². The molecule has 1 unspecified atom stereocenters. The average molecular weight is 277 g/mol. The summed E-state index contributed by atoms with van der Waals surface area (Å²) in [6.07, 6.45) is 4.15. The molecule has 0 saturated heterocycles. The first-order valence-electron chi connectivity index (χ1n) is 6.24. The fourth-order valence-electron chi connectivity index (χ4n) is 1.92. The third-order valence-electron chi connectivity index (χ3n) is 2.91. The van der Waals surface area contributed by atoms with Crippen LogP contribution in [0.4, 0.5) is 11.5 Å². The van der Waals surface area contributed by atoms with E-state index >= 15 is 0 Å². The number of aromatic nitrogens is 2. The first-order chi connectivity index (χ1) is 9.22. The lowest BCUT2D eigenvalue weighted by molar-refractivity contribution is 0.744. The number of benzene rings is 1. The van der Waals surface area contributed by atoms with Gasteiger partial charge in [0.2, 0.25) is 0 Å². The predicted molar refractivity (Wildman–Crippen MR) is 79.7 cm³/mol. The quantitative estimate of drug-likeness (QED) is 0.874. The molecule has 100 valence electrons. The topological polar surface area (TPSA) is 49.8 Å².